The number of amides is 1. The molecular formula is C10H11F3N2O2. The van der Waals surface area contributed by atoms with E-state index in [-0.39, 0.29) is 18.7 Å². The highest BCUT2D eigenvalue weighted by Crippen LogP contribution is 2.21. The predicted molar refractivity (Wildman–Crippen MR) is 54.4 cm³/mol. The molecule has 0 radical (unpaired) electrons. The smallest absolute Gasteiger partial charge is 0.387 e. The van der Waals surface area contributed by atoms with Crippen molar-refractivity contribution < 1.29 is 22.7 Å². The van der Waals surface area contributed by atoms with Crippen molar-refractivity contribution in [1.82, 2.24) is 5.32 Å². The molecule has 1 amide bonds. The fourth-order valence-corrected chi connectivity index (χ4v) is 1.16. The molecule has 0 bridgehead atoms. The Hall–Kier alpha value is -1.76. The SMILES string of the molecule is NCCNC(=O)c1ccc(F)cc1OC(F)F. The van der Waals surface area contributed by atoms with E-state index in [4.69, 9.17) is 5.73 Å². The van der Waals surface area contributed by atoms with Crippen LogP contribution in [-0.2, 0) is 0 Å². The van der Waals surface area contributed by atoms with Crippen LogP contribution >= 0.6 is 0 Å². The van der Waals surface area contributed by atoms with E-state index in [0.29, 0.717) is 0 Å². The van der Waals surface area contributed by atoms with Gasteiger partial charge in [0.15, 0.2) is 0 Å². The zero-order valence-electron chi connectivity index (χ0n) is 8.75. The summed E-state index contributed by atoms with van der Waals surface area (Å²) in [6, 6.07) is 2.78. The summed E-state index contributed by atoms with van der Waals surface area (Å²) < 4.78 is 41.0. The number of alkyl halides is 2. The Balaban J connectivity index is 2.92. The van der Waals surface area contributed by atoms with Gasteiger partial charge < -0.3 is 15.8 Å². The number of carbonyl (C=O) groups is 1. The first kappa shape index (κ1) is 13.3. The maximum Gasteiger partial charge on any atom is 0.387 e. The second-order valence-corrected chi connectivity index (χ2v) is 3.06. The maximum atomic E-state index is 12.8. The number of rotatable bonds is 5. The number of nitrogens with one attached hydrogen (secondary N) is 1. The first-order valence-corrected chi connectivity index (χ1v) is 4.77. The topological polar surface area (TPSA) is 64.3 Å². The van der Waals surface area contributed by atoms with Crippen LogP contribution in [0, 0.1) is 5.82 Å². The van der Waals surface area contributed by atoms with Gasteiger partial charge in [0.05, 0.1) is 5.56 Å². The van der Waals surface area contributed by atoms with Gasteiger partial charge in [0, 0.05) is 19.2 Å². The molecule has 1 rings (SSSR count). The lowest BCUT2D eigenvalue weighted by molar-refractivity contribution is -0.0503. The summed E-state index contributed by atoms with van der Waals surface area (Å²) in [6.07, 6.45) is 0. The highest BCUT2D eigenvalue weighted by molar-refractivity contribution is 5.96. The molecule has 0 atom stereocenters. The molecule has 0 aromatic heterocycles. The average molecular weight is 248 g/mol. The van der Waals surface area contributed by atoms with Crippen molar-refractivity contribution >= 4 is 5.91 Å². The van der Waals surface area contributed by atoms with Crippen LogP contribution in [0.4, 0.5) is 13.2 Å². The van der Waals surface area contributed by atoms with E-state index in [1.807, 2.05) is 0 Å². The minimum absolute atomic E-state index is 0.167. The zero-order chi connectivity index (χ0) is 12.8. The number of hydrogen-bond acceptors (Lipinski definition) is 3. The average Bonchev–Trinajstić information content (AvgIpc) is 2.25. The third-order valence-corrected chi connectivity index (χ3v) is 1.83. The molecule has 1 aromatic rings. The molecular weight excluding hydrogens is 237 g/mol. The van der Waals surface area contributed by atoms with Gasteiger partial charge in [0.2, 0.25) is 0 Å². The van der Waals surface area contributed by atoms with E-state index >= 15 is 0 Å². The Morgan fingerprint density at radius 3 is 2.76 bits per heavy atom. The Morgan fingerprint density at radius 2 is 2.18 bits per heavy atom. The maximum absolute atomic E-state index is 12.8. The van der Waals surface area contributed by atoms with Gasteiger partial charge in [-0.15, -0.1) is 0 Å². The summed E-state index contributed by atoms with van der Waals surface area (Å²) in [7, 11) is 0. The molecule has 0 aliphatic rings. The number of benzene rings is 1. The second kappa shape index (κ2) is 6.09. The number of nitrogens with two attached hydrogens (primary N) is 1. The second-order valence-electron chi connectivity index (χ2n) is 3.06. The zero-order valence-corrected chi connectivity index (χ0v) is 8.75. The van der Waals surface area contributed by atoms with Crippen molar-refractivity contribution in [3.63, 3.8) is 0 Å². The summed E-state index contributed by atoms with van der Waals surface area (Å²) >= 11 is 0. The quantitative estimate of drug-likeness (QED) is 0.820. The van der Waals surface area contributed by atoms with Gasteiger partial charge in [-0.05, 0) is 12.1 Å². The van der Waals surface area contributed by atoms with E-state index in [0.717, 1.165) is 18.2 Å². The van der Waals surface area contributed by atoms with Crippen LogP contribution in [0.5, 0.6) is 5.75 Å². The molecule has 0 saturated heterocycles. The van der Waals surface area contributed by atoms with Gasteiger partial charge in [-0.3, -0.25) is 4.79 Å². The lowest BCUT2D eigenvalue weighted by Gasteiger charge is -2.10. The molecule has 0 heterocycles. The number of halogens is 3. The Labute approximate surface area is 95.6 Å². The summed E-state index contributed by atoms with van der Waals surface area (Å²) in [6.45, 7) is -2.74. The van der Waals surface area contributed by atoms with Crippen LogP contribution in [0.15, 0.2) is 18.2 Å². The van der Waals surface area contributed by atoms with E-state index in [2.05, 4.69) is 10.1 Å². The molecule has 94 valence electrons. The van der Waals surface area contributed by atoms with Gasteiger partial charge in [0.25, 0.3) is 5.91 Å². The van der Waals surface area contributed by atoms with Crippen LogP contribution in [0.1, 0.15) is 10.4 Å². The summed E-state index contributed by atoms with van der Waals surface area (Å²) in [5.74, 6) is -1.92. The van der Waals surface area contributed by atoms with Gasteiger partial charge >= 0.3 is 6.61 Å². The largest absolute Gasteiger partial charge is 0.434 e. The normalized spacial score (nSPS) is 10.4. The monoisotopic (exact) mass is 248 g/mol. The first-order valence-electron chi connectivity index (χ1n) is 4.77. The summed E-state index contributed by atoms with van der Waals surface area (Å²) in [5, 5.41) is 2.37. The molecule has 0 saturated carbocycles. The summed E-state index contributed by atoms with van der Waals surface area (Å²) in [4.78, 5) is 11.5. The fraction of sp³-hybridized carbons (Fsp3) is 0.300. The van der Waals surface area contributed by atoms with Crippen LogP contribution in [0.3, 0.4) is 0 Å². The predicted octanol–water partition coefficient (Wildman–Crippen LogP) is 1.12. The van der Waals surface area contributed by atoms with Gasteiger partial charge in [-0.2, -0.15) is 8.78 Å². The number of hydrogen-bond donors (Lipinski definition) is 2. The highest BCUT2D eigenvalue weighted by atomic mass is 19.3. The van der Waals surface area contributed by atoms with Gasteiger partial charge in [-0.1, -0.05) is 0 Å². The van der Waals surface area contributed by atoms with Crippen LogP contribution in [-0.4, -0.2) is 25.6 Å². The Bertz CT molecular complexity index is 399. The molecule has 0 aliphatic heterocycles. The third-order valence-electron chi connectivity index (χ3n) is 1.83. The molecule has 0 aliphatic carbocycles. The van der Waals surface area contributed by atoms with Crippen LogP contribution < -0.4 is 15.8 Å². The third kappa shape index (κ3) is 3.95. The standard InChI is InChI=1S/C10H11F3N2O2/c11-6-1-2-7(9(16)15-4-3-14)8(5-6)17-10(12)13/h1-2,5,10H,3-4,14H2,(H,15,16). The molecule has 0 unspecified atom stereocenters. The molecule has 1 aromatic carbocycles. The first-order chi connectivity index (χ1) is 8.04. The lowest BCUT2D eigenvalue weighted by atomic mass is 10.2. The Kier molecular flexibility index (Phi) is 4.77. The highest BCUT2D eigenvalue weighted by Gasteiger charge is 2.16. The summed E-state index contributed by atoms with van der Waals surface area (Å²) in [5.41, 5.74) is 5.01. The van der Waals surface area contributed by atoms with Crippen molar-refractivity contribution in [1.29, 1.82) is 0 Å². The van der Waals surface area contributed by atoms with Gasteiger partial charge in [0.1, 0.15) is 11.6 Å². The van der Waals surface area contributed by atoms with E-state index in [1.54, 1.807) is 0 Å². The van der Waals surface area contributed by atoms with E-state index in [1.165, 1.54) is 0 Å². The van der Waals surface area contributed by atoms with Crippen molar-refractivity contribution in [3.05, 3.63) is 29.6 Å². The Morgan fingerprint density at radius 1 is 1.47 bits per heavy atom. The van der Waals surface area contributed by atoms with Crippen molar-refractivity contribution in [2.24, 2.45) is 5.73 Å². The van der Waals surface area contributed by atoms with Crippen molar-refractivity contribution in [3.8, 4) is 5.75 Å². The van der Waals surface area contributed by atoms with E-state index < -0.39 is 24.1 Å². The van der Waals surface area contributed by atoms with E-state index in [9.17, 15) is 18.0 Å². The molecule has 3 N–H and O–H groups in total. The minimum Gasteiger partial charge on any atom is -0.434 e. The van der Waals surface area contributed by atoms with Crippen molar-refractivity contribution in [2.75, 3.05) is 13.1 Å². The number of ether oxygens (including phenoxy) is 1. The molecule has 7 heteroatoms. The van der Waals surface area contributed by atoms with Crippen molar-refractivity contribution in [2.45, 2.75) is 6.61 Å². The lowest BCUT2D eigenvalue weighted by Crippen LogP contribution is -2.29. The fourth-order valence-electron chi connectivity index (χ4n) is 1.16. The molecule has 4 nitrogen and oxygen atoms in total. The molecule has 0 fully saturated rings. The van der Waals surface area contributed by atoms with Crippen LogP contribution in [0.2, 0.25) is 0 Å². The molecule has 17 heavy (non-hydrogen) atoms. The molecule has 0 spiro atoms. The van der Waals surface area contributed by atoms with Gasteiger partial charge in [-0.25, -0.2) is 4.39 Å². The minimum atomic E-state index is -3.13. The number of carbonyl (C=O) groups excluding carboxylic acids is 1. The van der Waals surface area contributed by atoms with Crippen LogP contribution in [0.25, 0.3) is 0 Å².